The second-order valence-electron chi connectivity index (χ2n) is 3.65. The molecule has 0 aromatic heterocycles. The number of sulfone groups is 1. The zero-order valence-corrected chi connectivity index (χ0v) is 10.2. The minimum Gasteiger partial charge on any atom is -0.393 e. The van der Waals surface area contributed by atoms with Crippen molar-refractivity contribution in [1.29, 1.82) is 0 Å². The molecule has 0 radical (unpaired) electrons. The maximum Gasteiger partial charge on any atom is 0.292 e. The maximum absolute atomic E-state index is 11.8. The van der Waals surface area contributed by atoms with Gasteiger partial charge in [-0.2, -0.15) is 0 Å². The number of nitrogen functional groups attached to an aromatic ring is 1. The first-order valence-electron chi connectivity index (χ1n) is 5.15. The molecule has 0 fully saturated rings. The van der Waals surface area contributed by atoms with Gasteiger partial charge in [-0.15, -0.1) is 0 Å². The first-order chi connectivity index (χ1) is 7.88. The molecule has 7 heteroatoms. The molecule has 1 aromatic rings. The first-order valence-corrected chi connectivity index (χ1v) is 6.80. The third kappa shape index (κ3) is 3.16. The Labute approximate surface area is 99.5 Å². The molecular formula is C10H14N2O4S. The fourth-order valence-corrected chi connectivity index (χ4v) is 2.83. The summed E-state index contributed by atoms with van der Waals surface area (Å²) in [4.78, 5) is 9.93. The molecule has 1 aromatic carbocycles. The van der Waals surface area contributed by atoms with Crippen LogP contribution in [0.15, 0.2) is 23.1 Å². The number of hydrogen-bond donors (Lipinski definition) is 1. The highest BCUT2D eigenvalue weighted by molar-refractivity contribution is 7.91. The number of rotatable bonds is 5. The number of unbranched alkanes of at least 4 members (excludes halogenated alkanes) is 1. The topological polar surface area (TPSA) is 103 Å². The molecule has 0 amide bonds. The Balaban J connectivity index is 3.09. The molecule has 1 rings (SSSR count). The number of benzene rings is 1. The van der Waals surface area contributed by atoms with Gasteiger partial charge < -0.3 is 5.73 Å². The van der Waals surface area contributed by atoms with Gasteiger partial charge in [0.05, 0.1) is 15.6 Å². The molecular weight excluding hydrogens is 244 g/mol. The summed E-state index contributed by atoms with van der Waals surface area (Å²) in [5.74, 6) is 0.0285. The maximum atomic E-state index is 11.8. The van der Waals surface area contributed by atoms with Crippen LogP contribution in [-0.2, 0) is 9.84 Å². The zero-order chi connectivity index (χ0) is 13.1. The number of hydrogen-bond acceptors (Lipinski definition) is 5. The second-order valence-corrected chi connectivity index (χ2v) is 5.76. The Morgan fingerprint density at radius 3 is 2.53 bits per heavy atom. The number of nitro benzene ring substituents is 1. The van der Waals surface area contributed by atoms with Crippen molar-refractivity contribution in [3.63, 3.8) is 0 Å². The van der Waals surface area contributed by atoms with E-state index < -0.39 is 14.8 Å². The number of anilines is 1. The fourth-order valence-electron chi connectivity index (χ4n) is 1.34. The zero-order valence-electron chi connectivity index (χ0n) is 9.42. The lowest BCUT2D eigenvalue weighted by Crippen LogP contribution is -2.07. The van der Waals surface area contributed by atoms with Crippen LogP contribution in [0.4, 0.5) is 11.4 Å². The largest absolute Gasteiger partial charge is 0.393 e. The van der Waals surface area contributed by atoms with Gasteiger partial charge in [0.2, 0.25) is 0 Å². The molecule has 2 N–H and O–H groups in total. The molecule has 0 aliphatic carbocycles. The standard InChI is InChI=1S/C10H14N2O4S/c1-2-3-6-17(15,16)8-4-5-10(12(13)14)9(11)7-8/h4-5,7H,2-3,6,11H2,1H3. The summed E-state index contributed by atoms with van der Waals surface area (Å²) in [5.41, 5.74) is 5.03. The molecule has 6 nitrogen and oxygen atoms in total. The molecule has 0 bridgehead atoms. The van der Waals surface area contributed by atoms with Crippen molar-refractivity contribution in [2.24, 2.45) is 0 Å². The molecule has 94 valence electrons. The van der Waals surface area contributed by atoms with Crippen LogP contribution in [0.5, 0.6) is 0 Å². The summed E-state index contributed by atoms with van der Waals surface area (Å²) in [5, 5.41) is 10.5. The molecule has 0 saturated heterocycles. The van der Waals surface area contributed by atoms with E-state index in [4.69, 9.17) is 5.73 Å². The van der Waals surface area contributed by atoms with E-state index in [1.165, 1.54) is 6.07 Å². The molecule has 17 heavy (non-hydrogen) atoms. The average molecular weight is 258 g/mol. The highest BCUT2D eigenvalue weighted by Crippen LogP contribution is 2.25. The van der Waals surface area contributed by atoms with Crippen LogP contribution in [0.2, 0.25) is 0 Å². The summed E-state index contributed by atoms with van der Waals surface area (Å²) in [6.07, 6.45) is 1.32. The lowest BCUT2D eigenvalue weighted by Gasteiger charge is -2.04. The second kappa shape index (κ2) is 5.13. The van der Waals surface area contributed by atoms with E-state index in [9.17, 15) is 18.5 Å². The minimum atomic E-state index is -3.39. The monoisotopic (exact) mass is 258 g/mol. The predicted molar refractivity (Wildman–Crippen MR) is 64.5 cm³/mol. The minimum absolute atomic E-state index is 0.0285. The van der Waals surface area contributed by atoms with Gasteiger partial charge in [-0.1, -0.05) is 13.3 Å². The Hall–Kier alpha value is -1.63. The SMILES string of the molecule is CCCCS(=O)(=O)c1ccc([N+](=O)[O-])c(N)c1. The van der Waals surface area contributed by atoms with Crippen molar-refractivity contribution in [2.45, 2.75) is 24.7 Å². The Morgan fingerprint density at radius 2 is 2.06 bits per heavy atom. The lowest BCUT2D eigenvalue weighted by atomic mass is 10.3. The third-order valence-corrected chi connectivity index (χ3v) is 4.12. The van der Waals surface area contributed by atoms with Crippen molar-refractivity contribution in [2.75, 3.05) is 11.5 Å². The molecule has 0 unspecified atom stereocenters. The number of nitrogens with zero attached hydrogens (tertiary/aromatic N) is 1. The third-order valence-electron chi connectivity index (χ3n) is 2.32. The van der Waals surface area contributed by atoms with E-state index in [0.717, 1.165) is 18.6 Å². The van der Waals surface area contributed by atoms with E-state index in [1.807, 2.05) is 6.92 Å². The van der Waals surface area contributed by atoms with Crippen molar-refractivity contribution < 1.29 is 13.3 Å². The van der Waals surface area contributed by atoms with Gasteiger partial charge in [0.1, 0.15) is 5.69 Å². The van der Waals surface area contributed by atoms with E-state index >= 15 is 0 Å². The van der Waals surface area contributed by atoms with Gasteiger partial charge in [-0.05, 0) is 18.6 Å². The molecule has 0 spiro atoms. The summed E-state index contributed by atoms with van der Waals surface area (Å²) in [7, 11) is -3.39. The highest BCUT2D eigenvalue weighted by atomic mass is 32.2. The van der Waals surface area contributed by atoms with E-state index in [-0.39, 0.29) is 22.0 Å². The van der Waals surface area contributed by atoms with Crippen LogP contribution in [0, 0.1) is 10.1 Å². The van der Waals surface area contributed by atoms with Crippen LogP contribution in [-0.4, -0.2) is 19.1 Å². The van der Waals surface area contributed by atoms with Crippen LogP contribution < -0.4 is 5.73 Å². The quantitative estimate of drug-likeness (QED) is 0.492. The van der Waals surface area contributed by atoms with Crippen molar-refractivity contribution in [3.8, 4) is 0 Å². The van der Waals surface area contributed by atoms with Crippen molar-refractivity contribution >= 4 is 21.2 Å². The normalized spacial score (nSPS) is 11.4. The van der Waals surface area contributed by atoms with Crippen LogP contribution in [0.3, 0.4) is 0 Å². The lowest BCUT2D eigenvalue weighted by molar-refractivity contribution is -0.383. The van der Waals surface area contributed by atoms with E-state index in [0.29, 0.717) is 6.42 Å². The molecule has 0 saturated carbocycles. The number of nitro groups is 1. The Bertz CT molecular complexity index is 525. The smallest absolute Gasteiger partial charge is 0.292 e. The summed E-state index contributed by atoms with van der Waals surface area (Å²) in [6.45, 7) is 1.89. The Morgan fingerprint density at radius 1 is 1.41 bits per heavy atom. The van der Waals surface area contributed by atoms with Crippen LogP contribution >= 0.6 is 0 Å². The molecule has 0 atom stereocenters. The van der Waals surface area contributed by atoms with Crippen LogP contribution in [0.25, 0.3) is 0 Å². The molecule has 0 heterocycles. The van der Waals surface area contributed by atoms with Gasteiger partial charge in [-0.25, -0.2) is 8.42 Å². The van der Waals surface area contributed by atoms with Gasteiger partial charge in [0.15, 0.2) is 9.84 Å². The van der Waals surface area contributed by atoms with Crippen LogP contribution in [0.1, 0.15) is 19.8 Å². The van der Waals surface area contributed by atoms with E-state index in [2.05, 4.69) is 0 Å². The number of nitrogens with two attached hydrogens (primary N) is 1. The molecule has 0 aliphatic rings. The summed E-state index contributed by atoms with van der Waals surface area (Å²) >= 11 is 0. The van der Waals surface area contributed by atoms with E-state index in [1.54, 1.807) is 0 Å². The van der Waals surface area contributed by atoms with Gasteiger partial charge in [-0.3, -0.25) is 10.1 Å². The van der Waals surface area contributed by atoms with Crippen molar-refractivity contribution in [3.05, 3.63) is 28.3 Å². The van der Waals surface area contributed by atoms with Gasteiger partial charge >= 0.3 is 0 Å². The highest BCUT2D eigenvalue weighted by Gasteiger charge is 2.18. The fraction of sp³-hybridized carbons (Fsp3) is 0.400. The van der Waals surface area contributed by atoms with Crippen molar-refractivity contribution in [1.82, 2.24) is 0 Å². The summed E-state index contributed by atoms with van der Waals surface area (Å²) < 4.78 is 23.6. The predicted octanol–water partition coefficient (Wildman–Crippen LogP) is 1.75. The summed E-state index contributed by atoms with van der Waals surface area (Å²) in [6, 6.07) is 3.48. The van der Waals surface area contributed by atoms with Gasteiger partial charge in [0.25, 0.3) is 5.69 Å². The average Bonchev–Trinajstić information content (AvgIpc) is 2.25. The molecule has 0 aliphatic heterocycles. The first kappa shape index (κ1) is 13.4. The van der Waals surface area contributed by atoms with Gasteiger partial charge in [0, 0.05) is 6.07 Å². The Kier molecular flexibility index (Phi) is 4.06.